The van der Waals surface area contributed by atoms with Gasteiger partial charge in [0.15, 0.2) is 0 Å². The molecule has 0 radical (unpaired) electrons. The molecule has 92 valence electrons. The number of rotatable bonds is 7. The van der Waals surface area contributed by atoms with Crippen molar-refractivity contribution in [3.63, 3.8) is 0 Å². The van der Waals surface area contributed by atoms with Crippen LogP contribution in [0.15, 0.2) is 12.4 Å². The highest BCUT2D eigenvalue weighted by Crippen LogP contribution is 2.22. The second-order valence-electron chi connectivity index (χ2n) is 4.64. The van der Waals surface area contributed by atoms with E-state index in [1.165, 1.54) is 19.3 Å². The van der Waals surface area contributed by atoms with Crippen molar-refractivity contribution in [3.8, 4) is 0 Å². The fourth-order valence-electron chi connectivity index (χ4n) is 2.25. The predicted molar refractivity (Wildman–Crippen MR) is 68.3 cm³/mol. The topological polar surface area (TPSA) is 29.9 Å². The van der Waals surface area contributed by atoms with E-state index in [1.807, 2.05) is 12.4 Å². The fourth-order valence-corrected chi connectivity index (χ4v) is 2.25. The first kappa shape index (κ1) is 13.2. The lowest BCUT2D eigenvalue weighted by molar-refractivity contribution is 0.378. The summed E-state index contributed by atoms with van der Waals surface area (Å²) in [6.07, 6.45) is 7.63. The van der Waals surface area contributed by atoms with Gasteiger partial charge < -0.3 is 9.88 Å². The van der Waals surface area contributed by atoms with Crippen molar-refractivity contribution in [3.05, 3.63) is 18.2 Å². The highest BCUT2D eigenvalue weighted by Gasteiger charge is 2.17. The van der Waals surface area contributed by atoms with Crippen molar-refractivity contribution < 1.29 is 0 Å². The molecule has 0 amide bonds. The highest BCUT2D eigenvalue weighted by molar-refractivity contribution is 4.99. The predicted octanol–water partition coefficient (Wildman–Crippen LogP) is 2.90. The van der Waals surface area contributed by atoms with E-state index in [0.717, 1.165) is 18.3 Å². The lowest BCUT2D eigenvalue weighted by Crippen LogP contribution is -2.25. The molecule has 1 aromatic heterocycles. The van der Waals surface area contributed by atoms with E-state index >= 15 is 0 Å². The van der Waals surface area contributed by atoms with Gasteiger partial charge in [0.25, 0.3) is 0 Å². The molecular formula is C13H25N3. The summed E-state index contributed by atoms with van der Waals surface area (Å²) in [6.45, 7) is 7.73. The first-order valence-corrected chi connectivity index (χ1v) is 6.39. The quantitative estimate of drug-likeness (QED) is 0.770. The van der Waals surface area contributed by atoms with Gasteiger partial charge >= 0.3 is 0 Å². The van der Waals surface area contributed by atoms with Gasteiger partial charge in [0.2, 0.25) is 0 Å². The maximum atomic E-state index is 4.45. The number of aromatic nitrogens is 2. The molecule has 1 rings (SSSR count). The molecule has 2 atom stereocenters. The summed E-state index contributed by atoms with van der Waals surface area (Å²) in [6, 6.07) is 0.395. The van der Waals surface area contributed by atoms with Crippen LogP contribution in [0, 0.1) is 5.92 Å². The van der Waals surface area contributed by atoms with Crippen molar-refractivity contribution >= 4 is 0 Å². The zero-order valence-corrected chi connectivity index (χ0v) is 11.0. The largest absolute Gasteiger partial charge is 0.337 e. The van der Waals surface area contributed by atoms with Crippen LogP contribution in [-0.2, 0) is 7.05 Å². The van der Waals surface area contributed by atoms with E-state index in [0.29, 0.717) is 6.04 Å². The SMILES string of the molecule is CCCC(C)CC(NCC)c1nccn1C. The average molecular weight is 223 g/mol. The maximum absolute atomic E-state index is 4.45. The van der Waals surface area contributed by atoms with E-state index in [1.54, 1.807) is 0 Å². The Kier molecular flexibility index (Phi) is 5.53. The zero-order valence-electron chi connectivity index (χ0n) is 11.0. The van der Waals surface area contributed by atoms with Crippen LogP contribution in [0.1, 0.15) is 51.9 Å². The summed E-state index contributed by atoms with van der Waals surface area (Å²) in [5, 5.41) is 3.53. The van der Waals surface area contributed by atoms with Crippen molar-refractivity contribution in [1.29, 1.82) is 0 Å². The third-order valence-electron chi connectivity index (χ3n) is 3.04. The normalized spacial score (nSPS) is 15.0. The summed E-state index contributed by atoms with van der Waals surface area (Å²) in [4.78, 5) is 4.45. The van der Waals surface area contributed by atoms with Crippen molar-refractivity contribution in [1.82, 2.24) is 14.9 Å². The first-order valence-electron chi connectivity index (χ1n) is 6.39. The second-order valence-corrected chi connectivity index (χ2v) is 4.64. The molecule has 1 aromatic rings. The van der Waals surface area contributed by atoms with Crippen molar-refractivity contribution in [2.24, 2.45) is 13.0 Å². The Morgan fingerprint density at radius 1 is 1.44 bits per heavy atom. The highest BCUT2D eigenvalue weighted by atomic mass is 15.1. The minimum atomic E-state index is 0.395. The number of nitrogens with zero attached hydrogens (tertiary/aromatic N) is 2. The molecule has 1 heterocycles. The molecule has 3 heteroatoms. The molecule has 16 heavy (non-hydrogen) atoms. The van der Waals surface area contributed by atoms with Crippen LogP contribution in [0.2, 0.25) is 0 Å². The summed E-state index contributed by atoms with van der Waals surface area (Å²) < 4.78 is 2.12. The van der Waals surface area contributed by atoms with Crippen LogP contribution in [-0.4, -0.2) is 16.1 Å². The molecule has 0 aliphatic carbocycles. The van der Waals surface area contributed by atoms with Crippen molar-refractivity contribution in [2.45, 2.75) is 46.1 Å². The summed E-state index contributed by atoms with van der Waals surface area (Å²) in [5.41, 5.74) is 0. The summed E-state index contributed by atoms with van der Waals surface area (Å²) in [7, 11) is 2.07. The third kappa shape index (κ3) is 3.63. The van der Waals surface area contributed by atoms with Gasteiger partial charge in [-0.05, 0) is 18.9 Å². The van der Waals surface area contributed by atoms with Gasteiger partial charge in [0.05, 0.1) is 6.04 Å². The molecule has 0 saturated heterocycles. The van der Waals surface area contributed by atoms with Gasteiger partial charge in [0, 0.05) is 19.4 Å². The monoisotopic (exact) mass is 223 g/mol. The van der Waals surface area contributed by atoms with Gasteiger partial charge in [-0.2, -0.15) is 0 Å². The first-order chi connectivity index (χ1) is 7.69. The summed E-state index contributed by atoms with van der Waals surface area (Å²) >= 11 is 0. The van der Waals surface area contributed by atoms with Crippen LogP contribution in [0.5, 0.6) is 0 Å². The fraction of sp³-hybridized carbons (Fsp3) is 0.769. The van der Waals surface area contributed by atoms with Crippen LogP contribution in [0.4, 0.5) is 0 Å². The second kappa shape index (κ2) is 6.69. The van der Waals surface area contributed by atoms with Gasteiger partial charge in [-0.25, -0.2) is 4.98 Å². The standard InChI is InChI=1S/C13H25N3/c1-5-7-11(3)10-12(14-6-2)13-15-8-9-16(13)4/h8-9,11-12,14H,5-7,10H2,1-4H3. The Balaban J connectivity index is 2.64. The molecule has 1 N–H and O–H groups in total. The molecule has 0 spiro atoms. The van der Waals surface area contributed by atoms with Gasteiger partial charge in [0.1, 0.15) is 5.82 Å². The average Bonchev–Trinajstić information content (AvgIpc) is 2.64. The molecule has 0 aromatic carbocycles. The minimum absolute atomic E-state index is 0.395. The smallest absolute Gasteiger partial charge is 0.125 e. The van der Waals surface area contributed by atoms with Gasteiger partial charge in [-0.3, -0.25) is 0 Å². The van der Waals surface area contributed by atoms with Crippen LogP contribution < -0.4 is 5.32 Å². The Hall–Kier alpha value is -0.830. The number of imidazole rings is 1. The molecule has 0 bridgehead atoms. The van der Waals surface area contributed by atoms with Crippen LogP contribution in [0.25, 0.3) is 0 Å². The van der Waals surface area contributed by atoms with Gasteiger partial charge in [-0.1, -0.05) is 33.6 Å². The Morgan fingerprint density at radius 2 is 2.19 bits per heavy atom. The Morgan fingerprint density at radius 3 is 2.69 bits per heavy atom. The van der Waals surface area contributed by atoms with E-state index in [4.69, 9.17) is 0 Å². The molecule has 3 nitrogen and oxygen atoms in total. The number of hydrogen-bond acceptors (Lipinski definition) is 2. The maximum Gasteiger partial charge on any atom is 0.125 e. The van der Waals surface area contributed by atoms with E-state index in [9.17, 15) is 0 Å². The minimum Gasteiger partial charge on any atom is -0.337 e. The molecular weight excluding hydrogens is 198 g/mol. The zero-order chi connectivity index (χ0) is 12.0. The number of aryl methyl sites for hydroxylation is 1. The van der Waals surface area contributed by atoms with E-state index in [2.05, 4.69) is 42.7 Å². The Bertz CT molecular complexity index is 293. The number of hydrogen-bond donors (Lipinski definition) is 1. The lowest BCUT2D eigenvalue weighted by atomic mass is 9.97. The molecule has 2 unspecified atom stereocenters. The number of nitrogens with one attached hydrogen (secondary N) is 1. The Labute approximate surface area is 99.3 Å². The van der Waals surface area contributed by atoms with Crippen LogP contribution in [0.3, 0.4) is 0 Å². The third-order valence-corrected chi connectivity index (χ3v) is 3.04. The van der Waals surface area contributed by atoms with Gasteiger partial charge in [-0.15, -0.1) is 0 Å². The van der Waals surface area contributed by atoms with Crippen molar-refractivity contribution in [2.75, 3.05) is 6.54 Å². The van der Waals surface area contributed by atoms with Crippen LogP contribution >= 0.6 is 0 Å². The molecule has 0 fully saturated rings. The molecule has 0 saturated carbocycles. The lowest BCUT2D eigenvalue weighted by Gasteiger charge is -2.21. The van der Waals surface area contributed by atoms with E-state index in [-0.39, 0.29) is 0 Å². The molecule has 0 aliphatic heterocycles. The van der Waals surface area contributed by atoms with E-state index < -0.39 is 0 Å². The summed E-state index contributed by atoms with van der Waals surface area (Å²) in [5.74, 6) is 1.91. The molecule has 0 aliphatic rings.